The minimum atomic E-state index is -0.442. The van der Waals surface area contributed by atoms with E-state index in [0.29, 0.717) is 16.7 Å². The molecule has 4 rings (SSSR count). The molecule has 0 spiro atoms. The van der Waals surface area contributed by atoms with Crippen LogP contribution in [-0.4, -0.2) is 37.2 Å². The fourth-order valence-electron chi connectivity index (χ4n) is 2.99. The number of anilines is 1. The molecule has 1 aliphatic carbocycles. The van der Waals surface area contributed by atoms with Crippen molar-refractivity contribution in [3.8, 4) is 5.00 Å². The Morgan fingerprint density at radius 3 is 2.93 bits per heavy atom. The summed E-state index contributed by atoms with van der Waals surface area (Å²) in [6.07, 6.45) is 5.91. The Morgan fingerprint density at radius 1 is 1.33 bits per heavy atom. The third-order valence-corrected chi connectivity index (χ3v) is 6.34. The zero-order chi connectivity index (χ0) is 18.8. The van der Waals surface area contributed by atoms with Gasteiger partial charge in [-0.25, -0.2) is 9.78 Å². The molecule has 3 aromatic rings. The maximum absolute atomic E-state index is 12.9. The van der Waals surface area contributed by atoms with Gasteiger partial charge < -0.3 is 0 Å². The van der Waals surface area contributed by atoms with Crippen LogP contribution in [0.25, 0.3) is 5.00 Å². The van der Waals surface area contributed by atoms with E-state index in [1.807, 2.05) is 11.4 Å². The van der Waals surface area contributed by atoms with E-state index in [9.17, 15) is 9.59 Å². The molecule has 0 atom stereocenters. The van der Waals surface area contributed by atoms with Crippen molar-refractivity contribution in [2.75, 3.05) is 11.4 Å². The van der Waals surface area contributed by atoms with Crippen LogP contribution in [0, 0.1) is 0 Å². The molecule has 0 saturated carbocycles. The Labute approximate surface area is 163 Å². The monoisotopic (exact) mass is 402 g/mol. The SMILES string of the molecule is C=CCN(C(=O)Cn1nnn(-c2cccs2)c1=O)c1nc2c(s1)CCCC2. The Kier molecular flexibility index (Phi) is 4.99. The summed E-state index contributed by atoms with van der Waals surface area (Å²) >= 11 is 2.93. The third-order valence-electron chi connectivity index (χ3n) is 4.32. The van der Waals surface area contributed by atoms with E-state index in [0.717, 1.165) is 36.1 Å². The minimum Gasteiger partial charge on any atom is -0.283 e. The molecule has 0 saturated heterocycles. The maximum Gasteiger partial charge on any atom is 0.369 e. The highest BCUT2D eigenvalue weighted by molar-refractivity contribution is 7.16. The number of amides is 1. The quantitative estimate of drug-likeness (QED) is 0.589. The number of hydrogen-bond donors (Lipinski definition) is 0. The molecule has 1 amide bonds. The fraction of sp³-hybridized carbons (Fsp3) is 0.353. The van der Waals surface area contributed by atoms with Gasteiger partial charge in [-0.3, -0.25) is 9.69 Å². The number of rotatable bonds is 6. The number of carbonyl (C=O) groups excluding carboxylic acids is 1. The van der Waals surface area contributed by atoms with Gasteiger partial charge in [0.25, 0.3) is 5.91 Å². The third kappa shape index (κ3) is 3.50. The molecule has 0 fully saturated rings. The van der Waals surface area contributed by atoms with Gasteiger partial charge in [-0.1, -0.05) is 6.08 Å². The molecule has 1 aliphatic rings. The molecule has 27 heavy (non-hydrogen) atoms. The molecular formula is C17H18N6O2S2. The van der Waals surface area contributed by atoms with Crippen LogP contribution in [0.4, 0.5) is 5.13 Å². The van der Waals surface area contributed by atoms with Gasteiger partial charge in [-0.05, 0) is 53.6 Å². The van der Waals surface area contributed by atoms with Crippen LogP contribution in [0.3, 0.4) is 0 Å². The molecule has 0 bridgehead atoms. The number of thiazole rings is 1. The minimum absolute atomic E-state index is 0.192. The van der Waals surface area contributed by atoms with Crippen molar-refractivity contribution in [2.24, 2.45) is 0 Å². The second kappa shape index (κ2) is 7.57. The molecule has 10 heteroatoms. The lowest BCUT2D eigenvalue weighted by atomic mass is 10.0. The average Bonchev–Trinajstić information content (AvgIpc) is 3.40. The summed E-state index contributed by atoms with van der Waals surface area (Å²) in [5.41, 5.74) is 0.645. The Morgan fingerprint density at radius 2 is 2.19 bits per heavy atom. The van der Waals surface area contributed by atoms with Crippen molar-refractivity contribution in [3.63, 3.8) is 0 Å². The van der Waals surface area contributed by atoms with Crippen LogP contribution in [0.15, 0.2) is 35.0 Å². The van der Waals surface area contributed by atoms with Crippen LogP contribution >= 0.6 is 22.7 Å². The van der Waals surface area contributed by atoms with Crippen LogP contribution in [0.5, 0.6) is 0 Å². The summed E-state index contributed by atoms with van der Waals surface area (Å²) in [6, 6.07) is 3.60. The molecule has 3 aromatic heterocycles. The summed E-state index contributed by atoms with van der Waals surface area (Å²) < 4.78 is 2.27. The molecule has 140 valence electrons. The summed E-state index contributed by atoms with van der Waals surface area (Å²) in [7, 11) is 0. The van der Waals surface area contributed by atoms with Crippen molar-refractivity contribution >= 4 is 33.7 Å². The summed E-state index contributed by atoms with van der Waals surface area (Å²) in [4.78, 5) is 32.8. The van der Waals surface area contributed by atoms with Gasteiger partial charge in [0.2, 0.25) is 0 Å². The molecule has 0 aromatic carbocycles. The predicted molar refractivity (Wildman–Crippen MR) is 105 cm³/mol. The van der Waals surface area contributed by atoms with Crippen molar-refractivity contribution < 1.29 is 4.79 Å². The van der Waals surface area contributed by atoms with Crippen LogP contribution in [0.1, 0.15) is 23.4 Å². The second-order valence-corrected chi connectivity index (χ2v) is 8.14. The van der Waals surface area contributed by atoms with Gasteiger partial charge >= 0.3 is 5.69 Å². The number of aryl methyl sites for hydroxylation is 2. The lowest BCUT2D eigenvalue weighted by molar-refractivity contribution is -0.119. The Bertz CT molecular complexity index is 993. The van der Waals surface area contributed by atoms with Gasteiger partial charge in [0.05, 0.1) is 5.69 Å². The van der Waals surface area contributed by atoms with E-state index in [2.05, 4.69) is 22.0 Å². The zero-order valence-electron chi connectivity index (χ0n) is 14.6. The van der Waals surface area contributed by atoms with Crippen LogP contribution in [0.2, 0.25) is 0 Å². The molecule has 0 radical (unpaired) electrons. The first-order valence-electron chi connectivity index (χ1n) is 8.64. The highest BCUT2D eigenvalue weighted by atomic mass is 32.1. The number of thiophene rings is 1. The highest BCUT2D eigenvalue weighted by Crippen LogP contribution is 2.31. The standard InChI is InChI=1S/C17H18N6O2S2/c1-2-9-21(16-18-12-6-3-4-7-13(12)27-16)14(24)11-22-17(25)23(20-19-22)15-8-5-10-26-15/h2,5,8,10H,1,3-4,6-7,9,11H2. The van der Waals surface area contributed by atoms with Crippen molar-refractivity contribution in [3.05, 3.63) is 51.2 Å². The van der Waals surface area contributed by atoms with E-state index in [1.165, 1.54) is 20.9 Å². The molecule has 0 N–H and O–H groups in total. The molecular weight excluding hydrogens is 384 g/mol. The largest absolute Gasteiger partial charge is 0.369 e. The van der Waals surface area contributed by atoms with Gasteiger partial charge in [-0.2, -0.15) is 9.36 Å². The Balaban J connectivity index is 1.57. The molecule has 3 heterocycles. The lowest BCUT2D eigenvalue weighted by Gasteiger charge is -2.17. The number of carbonyl (C=O) groups is 1. The summed E-state index contributed by atoms with van der Waals surface area (Å²) in [6.45, 7) is 3.88. The first-order chi connectivity index (χ1) is 13.2. The normalized spacial score (nSPS) is 13.3. The smallest absolute Gasteiger partial charge is 0.283 e. The van der Waals surface area contributed by atoms with Crippen molar-refractivity contribution in [1.82, 2.24) is 24.8 Å². The zero-order valence-corrected chi connectivity index (χ0v) is 16.2. The number of aromatic nitrogens is 5. The van der Waals surface area contributed by atoms with Crippen LogP contribution < -0.4 is 10.6 Å². The van der Waals surface area contributed by atoms with E-state index in [4.69, 9.17) is 0 Å². The molecule has 8 nitrogen and oxygen atoms in total. The first kappa shape index (κ1) is 17.8. The first-order valence-corrected chi connectivity index (χ1v) is 10.3. The lowest BCUT2D eigenvalue weighted by Crippen LogP contribution is -2.37. The topological polar surface area (TPSA) is 85.9 Å². The fourth-order valence-corrected chi connectivity index (χ4v) is 4.83. The number of nitrogens with zero attached hydrogens (tertiary/aromatic N) is 6. The van der Waals surface area contributed by atoms with Crippen molar-refractivity contribution in [2.45, 2.75) is 32.2 Å². The summed E-state index contributed by atoms with van der Waals surface area (Å²) in [5.74, 6) is -0.263. The van der Waals surface area contributed by atoms with Crippen LogP contribution in [-0.2, 0) is 24.2 Å². The maximum atomic E-state index is 12.9. The Hall–Kier alpha value is -2.59. The summed E-state index contributed by atoms with van der Waals surface area (Å²) in [5, 5.41) is 10.9. The van der Waals surface area contributed by atoms with Gasteiger partial charge in [0.15, 0.2) is 5.13 Å². The molecule has 0 unspecified atom stereocenters. The molecule has 0 aliphatic heterocycles. The predicted octanol–water partition coefficient (Wildman–Crippen LogP) is 2.04. The van der Waals surface area contributed by atoms with Gasteiger partial charge in [-0.15, -0.1) is 29.3 Å². The highest BCUT2D eigenvalue weighted by Gasteiger charge is 2.24. The van der Waals surface area contributed by atoms with Gasteiger partial charge in [0, 0.05) is 11.4 Å². The second-order valence-electron chi connectivity index (χ2n) is 6.15. The van der Waals surface area contributed by atoms with Gasteiger partial charge in [0.1, 0.15) is 11.5 Å². The van der Waals surface area contributed by atoms with Crippen molar-refractivity contribution in [1.29, 1.82) is 0 Å². The van der Waals surface area contributed by atoms with E-state index in [1.54, 1.807) is 28.4 Å². The van der Waals surface area contributed by atoms with E-state index < -0.39 is 5.69 Å². The average molecular weight is 403 g/mol. The number of tetrazole rings is 1. The number of fused-ring (bicyclic) bond motifs is 1. The van der Waals surface area contributed by atoms with E-state index in [-0.39, 0.29) is 12.5 Å². The van der Waals surface area contributed by atoms with E-state index >= 15 is 0 Å². The number of hydrogen-bond acceptors (Lipinski definition) is 7.